The number of aromatic amines is 1. The number of unbranched alkanes of at least 4 members (excludes halogenated alkanes) is 2. The van der Waals surface area contributed by atoms with E-state index in [9.17, 15) is 9.59 Å². The van der Waals surface area contributed by atoms with Crippen LogP contribution in [0.4, 0.5) is 11.4 Å². The number of fused-ring (bicyclic) bond motifs is 3. The second-order valence-electron chi connectivity index (χ2n) is 8.65. The minimum Gasteiger partial charge on any atom is -0.372 e. The number of hydrogen-bond donors (Lipinski definition) is 1. The Morgan fingerprint density at radius 2 is 1.80 bits per heavy atom. The highest BCUT2D eigenvalue weighted by molar-refractivity contribution is 7.99. The number of anilines is 2. The first kappa shape index (κ1) is 25.0. The Labute approximate surface area is 211 Å². The van der Waals surface area contributed by atoms with E-state index in [4.69, 9.17) is 5.10 Å². The van der Waals surface area contributed by atoms with Crippen molar-refractivity contribution in [2.45, 2.75) is 58.3 Å². The molecule has 0 unspecified atom stereocenters. The molecular formula is C27H34N5O2S+. The molecule has 8 heteroatoms. The average molecular weight is 493 g/mol. The van der Waals surface area contributed by atoms with Gasteiger partial charge in [-0.05, 0) is 61.3 Å². The van der Waals surface area contributed by atoms with Gasteiger partial charge < -0.3 is 4.90 Å². The second-order valence-corrected chi connectivity index (χ2v) is 9.74. The van der Waals surface area contributed by atoms with E-state index in [0.29, 0.717) is 22.1 Å². The van der Waals surface area contributed by atoms with Gasteiger partial charge in [-0.15, -0.1) is 0 Å². The number of hydrogen-bond acceptors (Lipinski definition) is 5. The predicted molar refractivity (Wildman–Crippen MR) is 142 cm³/mol. The van der Waals surface area contributed by atoms with Crippen molar-refractivity contribution >= 4 is 29.0 Å². The highest BCUT2D eigenvalue weighted by atomic mass is 32.2. The molecule has 0 fully saturated rings. The normalized spacial score (nSPS) is 14.4. The summed E-state index contributed by atoms with van der Waals surface area (Å²) < 4.78 is 1.73. The average Bonchev–Trinajstić information content (AvgIpc) is 2.86. The Bertz CT molecular complexity index is 1240. The third-order valence-electron chi connectivity index (χ3n) is 6.40. The van der Waals surface area contributed by atoms with Crippen LogP contribution in [0, 0.1) is 0 Å². The van der Waals surface area contributed by atoms with E-state index in [-0.39, 0.29) is 11.5 Å². The number of carbonyl (C=O) groups excluding carboxylic acids is 1. The van der Waals surface area contributed by atoms with Crippen molar-refractivity contribution in [2.24, 2.45) is 0 Å². The van der Waals surface area contributed by atoms with Gasteiger partial charge in [0, 0.05) is 42.1 Å². The number of amides is 1. The maximum atomic E-state index is 13.4. The molecule has 0 bridgehead atoms. The summed E-state index contributed by atoms with van der Waals surface area (Å²) in [5.41, 5.74) is 3.72. The van der Waals surface area contributed by atoms with E-state index in [0.717, 1.165) is 49.4 Å². The molecule has 0 aliphatic carbocycles. The smallest absolute Gasteiger partial charge is 0.325 e. The number of nitrogens with zero attached hydrogens (tertiary/aromatic N) is 4. The van der Waals surface area contributed by atoms with E-state index in [1.807, 2.05) is 36.4 Å². The van der Waals surface area contributed by atoms with Crippen LogP contribution in [0.5, 0.6) is 0 Å². The number of aromatic nitrogens is 3. The molecule has 1 amide bonds. The van der Waals surface area contributed by atoms with Crippen LogP contribution in [-0.4, -0.2) is 34.8 Å². The van der Waals surface area contributed by atoms with E-state index in [2.05, 4.69) is 42.8 Å². The van der Waals surface area contributed by atoms with Crippen LogP contribution >= 0.6 is 11.8 Å². The SMILES string of the molecule is CCCCCSc1n[n+]2c(c(=O)[nH]1)-c1ccccc1N(C(C)=O)[C@H]2c1ccc(N(CC)CC)cc1. The number of nitrogens with one attached hydrogen (secondary N) is 1. The lowest BCUT2D eigenvalue weighted by Crippen LogP contribution is -2.60. The van der Waals surface area contributed by atoms with Gasteiger partial charge in [0.2, 0.25) is 11.1 Å². The molecule has 2 heterocycles. The van der Waals surface area contributed by atoms with Crippen molar-refractivity contribution in [2.75, 3.05) is 28.6 Å². The quantitative estimate of drug-likeness (QED) is 0.265. The number of thioether (sulfide) groups is 1. The third-order valence-corrected chi connectivity index (χ3v) is 7.35. The molecule has 1 aliphatic heterocycles. The molecule has 0 radical (unpaired) electrons. The molecule has 1 N–H and O–H groups in total. The Morgan fingerprint density at radius 1 is 1.09 bits per heavy atom. The van der Waals surface area contributed by atoms with E-state index in [1.54, 1.807) is 28.3 Å². The topological polar surface area (TPSA) is 73.2 Å². The lowest BCUT2D eigenvalue weighted by atomic mass is 10.0. The monoisotopic (exact) mass is 492 g/mol. The molecule has 184 valence electrons. The summed E-state index contributed by atoms with van der Waals surface area (Å²) in [6, 6.07) is 15.8. The molecule has 2 aromatic carbocycles. The third kappa shape index (κ3) is 4.98. The molecule has 3 aromatic rings. The molecule has 1 aliphatic rings. The van der Waals surface area contributed by atoms with Crippen LogP contribution in [0.2, 0.25) is 0 Å². The maximum absolute atomic E-state index is 13.4. The molecule has 0 saturated carbocycles. The highest BCUT2D eigenvalue weighted by Crippen LogP contribution is 2.37. The van der Waals surface area contributed by atoms with Crippen molar-refractivity contribution in [1.82, 2.24) is 10.1 Å². The molecule has 0 spiro atoms. The largest absolute Gasteiger partial charge is 0.372 e. The van der Waals surface area contributed by atoms with Crippen molar-refractivity contribution in [3.63, 3.8) is 0 Å². The van der Waals surface area contributed by atoms with E-state index >= 15 is 0 Å². The summed E-state index contributed by atoms with van der Waals surface area (Å²) in [4.78, 5) is 33.4. The fourth-order valence-corrected chi connectivity index (χ4v) is 5.50. The summed E-state index contributed by atoms with van der Waals surface area (Å²) >= 11 is 1.55. The molecular weight excluding hydrogens is 458 g/mol. The Morgan fingerprint density at radius 3 is 2.46 bits per heavy atom. The van der Waals surface area contributed by atoms with Gasteiger partial charge in [0.25, 0.3) is 6.17 Å². The van der Waals surface area contributed by atoms with Crippen LogP contribution in [-0.2, 0) is 4.79 Å². The number of rotatable bonds is 9. The van der Waals surface area contributed by atoms with Gasteiger partial charge >= 0.3 is 11.3 Å². The van der Waals surface area contributed by atoms with Crippen LogP contribution in [0.25, 0.3) is 11.3 Å². The van der Waals surface area contributed by atoms with Crippen LogP contribution in [0.1, 0.15) is 58.7 Å². The summed E-state index contributed by atoms with van der Waals surface area (Å²) in [5.74, 6) is 0.777. The molecule has 1 aromatic heterocycles. The van der Waals surface area contributed by atoms with Crippen molar-refractivity contribution in [1.29, 1.82) is 0 Å². The zero-order valence-electron chi connectivity index (χ0n) is 21.0. The van der Waals surface area contributed by atoms with Gasteiger partial charge in [-0.25, -0.2) is 4.90 Å². The first-order chi connectivity index (χ1) is 17.0. The van der Waals surface area contributed by atoms with Gasteiger partial charge in [0.1, 0.15) is 0 Å². The van der Waals surface area contributed by atoms with Crippen LogP contribution in [0.3, 0.4) is 0 Å². The first-order valence-corrected chi connectivity index (χ1v) is 13.4. The molecule has 1 atom stereocenters. The van der Waals surface area contributed by atoms with Gasteiger partial charge in [-0.3, -0.25) is 14.6 Å². The summed E-state index contributed by atoms with van der Waals surface area (Å²) in [5, 5.41) is 5.44. The molecule has 4 rings (SSSR count). The lowest BCUT2D eigenvalue weighted by Gasteiger charge is -2.31. The fourth-order valence-electron chi connectivity index (χ4n) is 4.64. The first-order valence-electron chi connectivity index (χ1n) is 12.4. The van der Waals surface area contributed by atoms with Gasteiger partial charge in [0.15, 0.2) is 0 Å². The van der Waals surface area contributed by atoms with Gasteiger partial charge in [-0.1, -0.05) is 43.7 Å². The minimum absolute atomic E-state index is 0.104. The standard InChI is InChI=1S/C27H33N5O2S/c1-5-8-11-18-35-27-28-25(34)24-22-12-9-10-13-23(22)31(19(4)33)26(32(24)29-27)20-14-16-21(17-15-20)30(6-2)7-3/h9-10,12-17,26H,5-8,11,18H2,1-4H3/p+1/t26-/m1/s1. The number of benzene rings is 2. The zero-order chi connectivity index (χ0) is 24.9. The lowest BCUT2D eigenvalue weighted by molar-refractivity contribution is -0.763. The highest BCUT2D eigenvalue weighted by Gasteiger charge is 2.44. The fraction of sp³-hybridized carbons (Fsp3) is 0.407. The summed E-state index contributed by atoms with van der Waals surface area (Å²) in [7, 11) is 0. The molecule has 7 nitrogen and oxygen atoms in total. The van der Waals surface area contributed by atoms with Crippen molar-refractivity contribution < 1.29 is 9.48 Å². The summed E-state index contributed by atoms with van der Waals surface area (Å²) in [6.07, 6.45) is 2.79. The Hall–Kier alpha value is -3.13. The van der Waals surface area contributed by atoms with Gasteiger partial charge in [-0.2, -0.15) is 0 Å². The zero-order valence-corrected chi connectivity index (χ0v) is 21.8. The maximum Gasteiger partial charge on any atom is 0.325 e. The van der Waals surface area contributed by atoms with E-state index in [1.165, 1.54) is 0 Å². The van der Waals surface area contributed by atoms with Crippen LogP contribution < -0.4 is 20.0 Å². The summed E-state index contributed by atoms with van der Waals surface area (Å²) in [6.45, 7) is 9.83. The van der Waals surface area contributed by atoms with Crippen LogP contribution in [0.15, 0.2) is 58.5 Å². The Kier molecular flexibility index (Phi) is 7.90. The molecule has 0 saturated heterocycles. The van der Waals surface area contributed by atoms with Gasteiger partial charge in [0.05, 0.1) is 11.3 Å². The number of carbonyl (C=O) groups is 1. The van der Waals surface area contributed by atoms with Crippen molar-refractivity contribution in [3.05, 3.63) is 64.4 Å². The Balaban J connectivity index is 1.86. The second kappa shape index (κ2) is 11.1. The van der Waals surface area contributed by atoms with Crippen molar-refractivity contribution in [3.8, 4) is 11.3 Å². The minimum atomic E-state index is -0.555. The number of para-hydroxylation sites is 1. The number of H-pyrrole nitrogens is 1. The predicted octanol–water partition coefficient (Wildman–Crippen LogP) is 4.77. The molecule has 35 heavy (non-hydrogen) atoms. The van der Waals surface area contributed by atoms with E-state index < -0.39 is 6.17 Å².